The summed E-state index contributed by atoms with van der Waals surface area (Å²) in [5, 5.41) is 0. The number of esters is 1. The Morgan fingerprint density at radius 1 is 1.35 bits per heavy atom. The fourth-order valence-corrected chi connectivity index (χ4v) is 4.94. The largest absolute Gasteiger partial charge is 0.469 e. The van der Waals surface area contributed by atoms with E-state index in [1.807, 2.05) is 0 Å². The van der Waals surface area contributed by atoms with Crippen LogP contribution in [0.3, 0.4) is 0 Å². The van der Waals surface area contributed by atoms with Crippen molar-refractivity contribution in [1.82, 2.24) is 0 Å². The van der Waals surface area contributed by atoms with Crippen LogP contribution in [-0.4, -0.2) is 13.1 Å². The molecule has 2 heteroatoms. The Bertz CT molecular complexity index is 462. The smallest absolute Gasteiger partial charge is 0.305 e. The van der Waals surface area contributed by atoms with Crippen LogP contribution in [0.15, 0.2) is 11.6 Å². The number of carbonyl (C=O) groups excluding carboxylic acids is 1. The lowest BCUT2D eigenvalue weighted by Gasteiger charge is -2.53. The second-order valence-electron chi connectivity index (χ2n) is 9.06. The van der Waals surface area contributed by atoms with Crippen LogP contribution in [0.4, 0.5) is 0 Å². The average Bonchev–Trinajstić information content (AvgIpc) is 2.49. The van der Waals surface area contributed by atoms with E-state index < -0.39 is 0 Å². The number of rotatable bonds is 5. The lowest BCUT2D eigenvalue weighted by atomic mass is 9.52. The van der Waals surface area contributed by atoms with E-state index in [4.69, 9.17) is 4.74 Å². The Labute approximate surface area is 143 Å². The first-order valence-electron chi connectivity index (χ1n) is 9.48. The van der Waals surface area contributed by atoms with Crippen LogP contribution < -0.4 is 0 Å². The van der Waals surface area contributed by atoms with Gasteiger partial charge in [0.05, 0.1) is 7.11 Å². The molecule has 0 radical (unpaired) electrons. The Balaban J connectivity index is 2.10. The Kier molecular flexibility index (Phi) is 5.63. The number of fused-ring (bicyclic) bond motifs is 1. The summed E-state index contributed by atoms with van der Waals surface area (Å²) < 4.78 is 4.82. The quantitative estimate of drug-likeness (QED) is 0.475. The van der Waals surface area contributed by atoms with Crippen molar-refractivity contribution in [1.29, 1.82) is 0 Å². The van der Waals surface area contributed by atoms with E-state index in [1.54, 1.807) is 5.57 Å². The van der Waals surface area contributed by atoms with Gasteiger partial charge in [-0.15, -0.1) is 0 Å². The molecule has 132 valence electrons. The number of hydrogen-bond donors (Lipinski definition) is 0. The summed E-state index contributed by atoms with van der Waals surface area (Å²) in [5.41, 5.74) is 2.49. The first kappa shape index (κ1) is 18.5. The van der Waals surface area contributed by atoms with E-state index in [9.17, 15) is 4.79 Å². The third-order valence-corrected chi connectivity index (χ3v) is 7.01. The first-order valence-corrected chi connectivity index (χ1v) is 9.48. The summed E-state index contributed by atoms with van der Waals surface area (Å²) in [5.74, 6) is 1.83. The second kappa shape index (κ2) is 6.99. The van der Waals surface area contributed by atoms with Crippen molar-refractivity contribution in [2.45, 2.75) is 79.6 Å². The second-order valence-corrected chi connectivity index (χ2v) is 9.06. The topological polar surface area (TPSA) is 26.3 Å². The predicted octanol–water partition coefficient (Wildman–Crippen LogP) is 5.76. The number of ether oxygens (including phenoxy) is 1. The van der Waals surface area contributed by atoms with Crippen molar-refractivity contribution in [3.8, 4) is 0 Å². The summed E-state index contributed by atoms with van der Waals surface area (Å²) in [6.45, 7) is 12.0. The SMILES string of the molecule is COC(=O)CC(C)CC[C@]1(C)C2=CCCC(C)(C)[C@H]2CC[C@@H]1C. The van der Waals surface area contributed by atoms with Crippen LogP contribution in [0.5, 0.6) is 0 Å². The van der Waals surface area contributed by atoms with Crippen molar-refractivity contribution >= 4 is 5.97 Å². The van der Waals surface area contributed by atoms with Gasteiger partial charge in [-0.3, -0.25) is 4.79 Å². The summed E-state index contributed by atoms with van der Waals surface area (Å²) in [4.78, 5) is 11.5. The number of hydrogen-bond acceptors (Lipinski definition) is 2. The van der Waals surface area contributed by atoms with Gasteiger partial charge in [0.25, 0.3) is 0 Å². The number of carbonyl (C=O) groups is 1. The number of allylic oxidation sites excluding steroid dienone is 2. The zero-order valence-corrected chi connectivity index (χ0v) is 16.1. The molecule has 1 saturated carbocycles. The summed E-state index contributed by atoms with van der Waals surface area (Å²) >= 11 is 0. The van der Waals surface area contributed by atoms with Crippen LogP contribution in [0.1, 0.15) is 79.6 Å². The molecule has 2 aliphatic rings. The van der Waals surface area contributed by atoms with E-state index in [2.05, 4.69) is 40.7 Å². The highest BCUT2D eigenvalue weighted by molar-refractivity contribution is 5.69. The molecule has 0 aromatic heterocycles. The Hall–Kier alpha value is -0.790. The molecule has 0 heterocycles. The molecular formula is C21H36O2. The summed E-state index contributed by atoms with van der Waals surface area (Å²) in [6, 6.07) is 0. The predicted molar refractivity (Wildman–Crippen MR) is 96.1 cm³/mol. The van der Waals surface area contributed by atoms with Crippen molar-refractivity contribution in [3.05, 3.63) is 11.6 Å². The summed E-state index contributed by atoms with van der Waals surface area (Å²) in [6.07, 6.45) is 10.7. The van der Waals surface area contributed by atoms with Gasteiger partial charge >= 0.3 is 5.97 Å². The third kappa shape index (κ3) is 3.83. The fourth-order valence-electron chi connectivity index (χ4n) is 4.94. The Morgan fingerprint density at radius 3 is 2.70 bits per heavy atom. The van der Waals surface area contributed by atoms with Crippen LogP contribution >= 0.6 is 0 Å². The highest BCUT2D eigenvalue weighted by Crippen LogP contribution is 2.58. The molecule has 2 aliphatic carbocycles. The maximum Gasteiger partial charge on any atom is 0.305 e. The third-order valence-electron chi connectivity index (χ3n) is 7.01. The van der Waals surface area contributed by atoms with Crippen LogP contribution in [0.25, 0.3) is 0 Å². The van der Waals surface area contributed by atoms with E-state index in [1.165, 1.54) is 39.2 Å². The molecule has 0 N–H and O–H groups in total. The minimum Gasteiger partial charge on any atom is -0.469 e. The van der Waals surface area contributed by atoms with Gasteiger partial charge in [-0.1, -0.05) is 46.3 Å². The van der Waals surface area contributed by atoms with Crippen LogP contribution in [-0.2, 0) is 9.53 Å². The molecule has 2 nitrogen and oxygen atoms in total. The van der Waals surface area contributed by atoms with E-state index >= 15 is 0 Å². The standard InChI is InChI=1S/C21H36O2/c1-15(14-19(22)23-6)11-13-21(5)16(2)9-10-17-18(21)8-7-12-20(17,3)4/h8,15-17H,7,9-14H2,1-6H3/t15?,16-,17-,21-/m0/s1. The molecule has 0 saturated heterocycles. The zero-order valence-electron chi connectivity index (χ0n) is 16.1. The first-order chi connectivity index (χ1) is 10.7. The lowest BCUT2D eigenvalue weighted by Crippen LogP contribution is -2.43. The molecule has 0 bridgehead atoms. The molecule has 1 fully saturated rings. The van der Waals surface area contributed by atoms with Gasteiger partial charge in [-0.2, -0.15) is 0 Å². The maximum atomic E-state index is 11.5. The van der Waals surface area contributed by atoms with Gasteiger partial charge in [0, 0.05) is 6.42 Å². The molecule has 0 amide bonds. The van der Waals surface area contributed by atoms with Crippen LogP contribution in [0.2, 0.25) is 0 Å². The minimum atomic E-state index is -0.0739. The molecule has 0 aromatic rings. The van der Waals surface area contributed by atoms with Gasteiger partial charge in [-0.25, -0.2) is 0 Å². The Morgan fingerprint density at radius 2 is 2.04 bits per heavy atom. The average molecular weight is 321 g/mol. The molecule has 1 unspecified atom stereocenters. The minimum absolute atomic E-state index is 0.0739. The van der Waals surface area contributed by atoms with E-state index in [0.29, 0.717) is 23.2 Å². The van der Waals surface area contributed by atoms with Crippen molar-refractivity contribution in [3.63, 3.8) is 0 Å². The normalized spacial score (nSPS) is 34.3. The molecule has 0 aliphatic heterocycles. The molecular weight excluding hydrogens is 284 g/mol. The van der Waals surface area contributed by atoms with Crippen LogP contribution in [0, 0.1) is 28.6 Å². The molecule has 2 rings (SSSR count). The number of methoxy groups -OCH3 is 1. The highest BCUT2D eigenvalue weighted by atomic mass is 16.5. The van der Waals surface area contributed by atoms with Gasteiger partial charge in [0.1, 0.15) is 0 Å². The molecule has 23 heavy (non-hydrogen) atoms. The van der Waals surface area contributed by atoms with Gasteiger partial charge in [0.2, 0.25) is 0 Å². The lowest BCUT2D eigenvalue weighted by molar-refractivity contribution is -0.141. The van der Waals surface area contributed by atoms with Gasteiger partial charge in [-0.05, 0) is 67.1 Å². The zero-order chi connectivity index (χ0) is 17.3. The van der Waals surface area contributed by atoms with E-state index in [-0.39, 0.29) is 5.97 Å². The monoisotopic (exact) mass is 320 g/mol. The van der Waals surface area contributed by atoms with Gasteiger partial charge in [0.15, 0.2) is 0 Å². The van der Waals surface area contributed by atoms with Crippen molar-refractivity contribution in [2.24, 2.45) is 28.6 Å². The molecule has 0 spiro atoms. The molecule has 4 atom stereocenters. The van der Waals surface area contributed by atoms with Crippen molar-refractivity contribution < 1.29 is 9.53 Å². The maximum absolute atomic E-state index is 11.5. The van der Waals surface area contributed by atoms with Gasteiger partial charge < -0.3 is 4.74 Å². The van der Waals surface area contributed by atoms with E-state index in [0.717, 1.165) is 18.3 Å². The molecule has 0 aromatic carbocycles. The van der Waals surface area contributed by atoms with Crippen molar-refractivity contribution in [2.75, 3.05) is 7.11 Å². The summed E-state index contributed by atoms with van der Waals surface area (Å²) in [7, 11) is 1.49. The fraction of sp³-hybridized carbons (Fsp3) is 0.857. The highest BCUT2D eigenvalue weighted by Gasteiger charge is 2.47.